The van der Waals surface area contributed by atoms with Crippen LogP contribution in [0.25, 0.3) is 0 Å². The van der Waals surface area contributed by atoms with Gasteiger partial charge in [-0.15, -0.1) is 0 Å². The van der Waals surface area contributed by atoms with Gasteiger partial charge in [0.1, 0.15) is 0 Å². The Hall–Kier alpha value is -0.830. The monoisotopic (exact) mass is 211 g/mol. The fourth-order valence-corrected chi connectivity index (χ4v) is 1.90. The molecular weight excluding hydrogens is 190 g/mol. The second-order valence-electron chi connectivity index (χ2n) is 4.09. The van der Waals surface area contributed by atoms with Crippen LogP contribution in [0.15, 0.2) is 12.2 Å². The number of hydrogen-bond acceptors (Lipinski definition) is 3. The Balaban J connectivity index is 2.17. The van der Waals surface area contributed by atoms with Crippen molar-refractivity contribution >= 4 is 5.97 Å². The number of carbonyl (C=O) groups is 1. The molecule has 0 radical (unpaired) electrons. The number of ether oxygens (including phenoxy) is 1. The maximum atomic E-state index is 10.9. The van der Waals surface area contributed by atoms with Crippen LogP contribution in [0.4, 0.5) is 0 Å². The van der Waals surface area contributed by atoms with E-state index >= 15 is 0 Å². The lowest BCUT2D eigenvalue weighted by atomic mass is 10.0. The number of carbonyl (C=O) groups excluding carboxylic acids is 1. The van der Waals surface area contributed by atoms with E-state index in [4.69, 9.17) is 0 Å². The minimum atomic E-state index is -0.109. The Kier molecular flexibility index (Phi) is 5.40. The van der Waals surface area contributed by atoms with Crippen LogP contribution in [0, 0.1) is 0 Å². The van der Waals surface area contributed by atoms with E-state index in [2.05, 4.69) is 28.8 Å². The number of likely N-dealkylation sites (N-methyl/N-ethyl adjacent to an activating group) is 1. The molecule has 0 fully saturated rings. The van der Waals surface area contributed by atoms with E-state index in [0.29, 0.717) is 12.5 Å². The zero-order valence-electron chi connectivity index (χ0n) is 9.74. The number of esters is 1. The minimum absolute atomic E-state index is 0.109. The third kappa shape index (κ3) is 4.47. The van der Waals surface area contributed by atoms with E-state index in [1.54, 1.807) is 0 Å². The summed E-state index contributed by atoms with van der Waals surface area (Å²) in [5.74, 6) is -0.109. The maximum Gasteiger partial charge on any atom is 0.305 e. The van der Waals surface area contributed by atoms with Gasteiger partial charge in [-0.05, 0) is 39.3 Å². The second kappa shape index (κ2) is 6.62. The number of methoxy groups -OCH3 is 1. The van der Waals surface area contributed by atoms with E-state index in [-0.39, 0.29) is 5.97 Å². The summed E-state index contributed by atoms with van der Waals surface area (Å²) in [5, 5.41) is 0. The molecule has 0 spiro atoms. The molecule has 0 aromatic heterocycles. The third-order valence-corrected chi connectivity index (χ3v) is 2.91. The van der Waals surface area contributed by atoms with Crippen LogP contribution < -0.4 is 0 Å². The average Bonchev–Trinajstić information content (AvgIpc) is 2.29. The van der Waals surface area contributed by atoms with E-state index in [0.717, 1.165) is 13.0 Å². The van der Waals surface area contributed by atoms with Crippen molar-refractivity contribution in [2.75, 3.05) is 20.7 Å². The van der Waals surface area contributed by atoms with Gasteiger partial charge in [-0.25, -0.2) is 0 Å². The second-order valence-corrected chi connectivity index (χ2v) is 4.09. The Morgan fingerprint density at radius 3 is 3.00 bits per heavy atom. The summed E-state index contributed by atoms with van der Waals surface area (Å²) in [6, 6.07) is 0.566. The van der Waals surface area contributed by atoms with Gasteiger partial charge in [-0.2, -0.15) is 0 Å². The minimum Gasteiger partial charge on any atom is -0.469 e. The van der Waals surface area contributed by atoms with Crippen molar-refractivity contribution in [3.8, 4) is 0 Å². The molecule has 0 heterocycles. The molecule has 1 aliphatic rings. The largest absolute Gasteiger partial charge is 0.469 e. The zero-order chi connectivity index (χ0) is 11.1. The van der Waals surface area contributed by atoms with Crippen molar-refractivity contribution in [2.24, 2.45) is 0 Å². The molecular formula is C12H21NO2. The quantitative estimate of drug-likeness (QED) is 0.514. The van der Waals surface area contributed by atoms with Gasteiger partial charge < -0.3 is 4.74 Å². The highest BCUT2D eigenvalue weighted by molar-refractivity contribution is 5.69. The molecule has 1 atom stereocenters. The fraction of sp³-hybridized carbons (Fsp3) is 0.750. The molecule has 0 saturated carbocycles. The lowest BCUT2D eigenvalue weighted by Crippen LogP contribution is -2.32. The summed E-state index contributed by atoms with van der Waals surface area (Å²) >= 11 is 0. The number of rotatable bonds is 5. The van der Waals surface area contributed by atoms with Gasteiger partial charge >= 0.3 is 5.97 Å². The molecule has 0 aliphatic heterocycles. The molecule has 0 bridgehead atoms. The van der Waals surface area contributed by atoms with Crippen LogP contribution in [0.2, 0.25) is 0 Å². The van der Waals surface area contributed by atoms with Crippen molar-refractivity contribution in [1.29, 1.82) is 0 Å². The highest BCUT2D eigenvalue weighted by Crippen LogP contribution is 2.15. The molecule has 3 nitrogen and oxygen atoms in total. The molecule has 0 amide bonds. The zero-order valence-corrected chi connectivity index (χ0v) is 9.74. The van der Waals surface area contributed by atoms with Crippen molar-refractivity contribution in [3.05, 3.63) is 12.2 Å². The highest BCUT2D eigenvalue weighted by atomic mass is 16.5. The van der Waals surface area contributed by atoms with Gasteiger partial charge in [0.25, 0.3) is 0 Å². The normalized spacial score (nSPS) is 20.6. The summed E-state index contributed by atoms with van der Waals surface area (Å²) in [4.78, 5) is 13.2. The van der Waals surface area contributed by atoms with E-state index < -0.39 is 0 Å². The molecule has 1 unspecified atom stereocenters. The van der Waals surface area contributed by atoms with Crippen molar-refractivity contribution in [3.63, 3.8) is 0 Å². The van der Waals surface area contributed by atoms with Crippen molar-refractivity contribution in [1.82, 2.24) is 4.90 Å². The average molecular weight is 211 g/mol. The van der Waals surface area contributed by atoms with Gasteiger partial charge in [0.15, 0.2) is 0 Å². The first-order valence-corrected chi connectivity index (χ1v) is 5.67. The topological polar surface area (TPSA) is 29.5 Å². The van der Waals surface area contributed by atoms with Gasteiger partial charge in [-0.1, -0.05) is 12.2 Å². The Labute approximate surface area is 92.1 Å². The molecule has 0 saturated heterocycles. The van der Waals surface area contributed by atoms with Crippen molar-refractivity contribution < 1.29 is 9.53 Å². The standard InChI is InChI=1S/C12H21NO2/c1-13(10-6-9-12(14)15-2)11-7-4-3-5-8-11/h4,7,11H,3,5-6,8-10H2,1-2H3. The predicted molar refractivity (Wildman–Crippen MR) is 60.7 cm³/mol. The highest BCUT2D eigenvalue weighted by Gasteiger charge is 2.13. The smallest absolute Gasteiger partial charge is 0.305 e. The summed E-state index contributed by atoms with van der Waals surface area (Å²) < 4.78 is 4.61. The predicted octanol–water partition coefficient (Wildman–Crippen LogP) is 1.98. The third-order valence-electron chi connectivity index (χ3n) is 2.91. The van der Waals surface area contributed by atoms with Crippen LogP contribution in [-0.4, -0.2) is 37.6 Å². The maximum absolute atomic E-state index is 10.9. The summed E-state index contributed by atoms with van der Waals surface area (Å²) in [7, 11) is 3.56. The molecule has 0 aromatic carbocycles. The lowest BCUT2D eigenvalue weighted by Gasteiger charge is -2.27. The van der Waals surface area contributed by atoms with Crippen molar-refractivity contribution in [2.45, 2.75) is 38.1 Å². The summed E-state index contributed by atoms with van der Waals surface area (Å²) in [6.45, 7) is 0.962. The summed E-state index contributed by atoms with van der Waals surface area (Å²) in [6.07, 6.45) is 9.68. The van der Waals surface area contributed by atoms with Crippen LogP contribution in [0.5, 0.6) is 0 Å². The first-order valence-electron chi connectivity index (χ1n) is 5.67. The van der Waals surface area contributed by atoms with E-state index in [1.807, 2.05) is 0 Å². The van der Waals surface area contributed by atoms with E-state index in [1.165, 1.54) is 26.4 Å². The first kappa shape index (κ1) is 12.2. The number of hydrogen-bond donors (Lipinski definition) is 0. The van der Waals surface area contributed by atoms with E-state index in [9.17, 15) is 4.79 Å². The molecule has 0 N–H and O–H groups in total. The van der Waals surface area contributed by atoms with Crippen LogP contribution in [0.3, 0.4) is 0 Å². The van der Waals surface area contributed by atoms with Gasteiger partial charge in [-0.3, -0.25) is 9.69 Å². The number of allylic oxidation sites excluding steroid dienone is 1. The Morgan fingerprint density at radius 2 is 2.40 bits per heavy atom. The van der Waals surface area contributed by atoms with Gasteiger partial charge in [0, 0.05) is 12.5 Å². The SMILES string of the molecule is COC(=O)CCCN(C)C1C=CCCC1. The lowest BCUT2D eigenvalue weighted by molar-refractivity contribution is -0.140. The summed E-state index contributed by atoms with van der Waals surface area (Å²) in [5.41, 5.74) is 0. The van der Waals surface area contributed by atoms with Gasteiger partial charge in [0.05, 0.1) is 7.11 Å². The molecule has 3 heteroatoms. The molecule has 0 aromatic rings. The number of nitrogens with zero attached hydrogens (tertiary/aromatic N) is 1. The van der Waals surface area contributed by atoms with Gasteiger partial charge in [0.2, 0.25) is 0 Å². The Bertz CT molecular complexity index is 226. The van der Waals surface area contributed by atoms with Crippen LogP contribution >= 0.6 is 0 Å². The van der Waals surface area contributed by atoms with Crippen LogP contribution in [-0.2, 0) is 9.53 Å². The van der Waals surface area contributed by atoms with Crippen LogP contribution in [0.1, 0.15) is 32.1 Å². The first-order chi connectivity index (χ1) is 7.24. The molecule has 1 aliphatic carbocycles. The molecule has 1 rings (SSSR count). The fourth-order valence-electron chi connectivity index (χ4n) is 1.90. The Morgan fingerprint density at radius 1 is 1.60 bits per heavy atom. The molecule has 15 heavy (non-hydrogen) atoms. The molecule has 86 valence electrons.